The van der Waals surface area contributed by atoms with Gasteiger partial charge in [0, 0.05) is 16.0 Å². The molecule has 0 atom stereocenters. The van der Waals surface area contributed by atoms with Gasteiger partial charge < -0.3 is 10.1 Å². The molecule has 0 spiro atoms. The highest BCUT2D eigenvalue weighted by atomic mass is 35.5. The lowest BCUT2D eigenvalue weighted by Crippen LogP contribution is -2.25. The Hall–Kier alpha value is -3.20. The minimum absolute atomic E-state index is 0.0270. The number of amides is 1. The molecule has 0 unspecified atom stereocenters. The summed E-state index contributed by atoms with van der Waals surface area (Å²) in [5.74, 6) is 0.484. The van der Waals surface area contributed by atoms with Crippen molar-refractivity contribution in [3.63, 3.8) is 0 Å². The quantitative estimate of drug-likeness (QED) is 0.377. The Balaban J connectivity index is 1.66. The lowest BCUT2D eigenvalue weighted by Gasteiger charge is -2.18. The van der Waals surface area contributed by atoms with E-state index in [4.69, 9.17) is 26.4 Å². The van der Waals surface area contributed by atoms with Crippen molar-refractivity contribution in [1.29, 1.82) is 0 Å². The maximum atomic E-state index is 11.8. The van der Waals surface area contributed by atoms with Crippen LogP contribution in [0.5, 0.6) is 5.75 Å². The van der Waals surface area contributed by atoms with Crippen LogP contribution in [-0.2, 0) is 4.79 Å². The molecule has 0 fully saturated rings. The van der Waals surface area contributed by atoms with E-state index < -0.39 is 0 Å². The van der Waals surface area contributed by atoms with Crippen molar-refractivity contribution in [1.82, 2.24) is 4.68 Å². The summed E-state index contributed by atoms with van der Waals surface area (Å²) in [5, 5.41) is 12.5. The highest BCUT2D eigenvalue weighted by molar-refractivity contribution is 7.12. The average Bonchev–Trinajstić information content (AvgIpc) is 3.46. The van der Waals surface area contributed by atoms with Crippen LogP contribution in [0.25, 0.3) is 11.3 Å². The van der Waals surface area contributed by atoms with Gasteiger partial charge in [0.2, 0.25) is 4.80 Å². The third-order valence-corrected chi connectivity index (χ3v) is 6.82. The first-order chi connectivity index (χ1) is 15.6. The number of thiazole rings is 1. The number of benzene rings is 2. The summed E-state index contributed by atoms with van der Waals surface area (Å²) in [6.45, 7) is 2.01. The number of thiophene rings is 1. The topological polar surface area (TPSA) is 68.0 Å². The van der Waals surface area contributed by atoms with Crippen LogP contribution < -0.4 is 14.9 Å². The summed E-state index contributed by atoms with van der Waals surface area (Å²) in [4.78, 5) is 18.4. The number of ether oxygens (including phenoxy) is 1. The van der Waals surface area contributed by atoms with Crippen molar-refractivity contribution in [2.45, 2.75) is 6.92 Å². The number of hydrogen-bond donors (Lipinski definition) is 1. The second kappa shape index (κ2) is 8.74. The minimum Gasteiger partial charge on any atom is -0.482 e. The lowest BCUT2D eigenvalue weighted by atomic mass is 10.1. The first kappa shape index (κ1) is 20.7. The molecule has 6 nitrogen and oxygen atoms in total. The number of carbonyl (C=O) groups excluding carboxylic acids is 1. The molecule has 32 heavy (non-hydrogen) atoms. The molecule has 160 valence electrons. The highest BCUT2D eigenvalue weighted by Gasteiger charge is 2.18. The van der Waals surface area contributed by atoms with Crippen LogP contribution in [0.3, 0.4) is 0 Å². The summed E-state index contributed by atoms with van der Waals surface area (Å²) in [5.41, 5.74) is 4.07. The summed E-state index contributed by atoms with van der Waals surface area (Å²) in [7, 11) is 0. The molecule has 2 aromatic heterocycles. The Morgan fingerprint density at radius 3 is 2.78 bits per heavy atom. The van der Waals surface area contributed by atoms with Gasteiger partial charge in [-0.25, -0.2) is 9.67 Å². The zero-order valence-electron chi connectivity index (χ0n) is 16.9. The third-order valence-electron chi connectivity index (χ3n) is 4.77. The molecule has 1 N–H and O–H groups in total. The normalized spacial score (nSPS) is 14.1. The summed E-state index contributed by atoms with van der Waals surface area (Å²) in [6, 6.07) is 17.1. The van der Waals surface area contributed by atoms with Gasteiger partial charge >= 0.3 is 0 Å². The molecule has 5 rings (SSSR count). The van der Waals surface area contributed by atoms with Gasteiger partial charge in [0.05, 0.1) is 27.7 Å². The van der Waals surface area contributed by atoms with E-state index in [0.29, 0.717) is 16.5 Å². The van der Waals surface area contributed by atoms with E-state index in [-0.39, 0.29) is 12.5 Å². The molecule has 0 saturated heterocycles. The Kier molecular flexibility index (Phi) is 5.65. The monoisotopic (exact) mass is 480 g/mol. The second-order valence-electron chi connectivity index (χ2n) is 7.01. The van der Waals surface area contributed by atoms with Crippen molar-refractivity contribution in [2.24, 2.45) is 10.1 Å². The molecule has 1 aliphatic heterocycles. The SMILES string of the molecule is CC(=Nn1c(-c2ccc3c(c2)NC(=O)CO3)csc1=Nc1ccc(Cl)cc1)c1cccs1. The molecule has 4 aromatic rings. The zero-order valence-corrected chi connectivity index (χ0v) is 19.3. The fourth-order valence-corrected chi connectivity index (χ4v) is 4.87. The Bertz CT molecular complexity index is 1390. The Labute approximate surface area is 197 Å². The molecule has 0 aliphatic carbocycles. The highest BCUT2D eigenvalue weighted by Crippen LogP contribution is 2.33. The summed E-state index contributed by atoms with van der Waals surface area (Å²) in [6.07, 6.45) is 0. The maximum absolute atomic E-state index is 11.8. The Morgan fingerprint density at radius 1 is 1.16 bits per heavy atom. The fraction of sp³-hybridized carbons (Fsp3) is 0.0870. The molecule has 0 saturated carbocycles. The van der Waals surface area contributed by atoms with E-state index in [1.54, 1.807) is 11.3 Å². The molecular weight excluding hydrogens is 464 g/mol. The standard InChI is InChI=1S/C23H17ClN4O2S2/c1-14(21-3-2-10-31-21)27-28-19(13-32-23(28)25-17-7-5-16(24)6-8-17)15-4-9-20-18(11-15)26-22(29)12-30-20/h2-11,13H,12H2,1H3,(H,26,29). The van der Waals surface area contributed by atoms with Gasteiger partial charge in [-0.1, -0.05) is 17.7 Å². The van der Waals surface area contributed by atoms with Crippen molar-refractivity contribution in [3.8, 4) is 17.0 Å². The molecule has 1 amide bonds. The minimum atomic E-state index is -0.169. The molecular formula is C23H17ClN4O2S2. The van der Waals surface area contributed by atoms with E-state index in [2.05, 4.69) is 5.32 Å². The molecule has 3 heterocycles. The van der Waals surface area contributed by atoms with Crippen LogP contribution in [-0.4, -0.2) is 22.9 Å². The van der Waals surface area contributed by atoms with Crippen molar-refractivity contribution in [2.75, 3.05) is 11.9 Å². The Morgan fingerprint density at radius 2 is 2.00 bits per heavy atom. The van der Waals surface area contributed by atoms with Gasteiger partial charge in [0.15, 0.2) is 6.61 Å². The fourth-order valence-electron chi connectivity index (χ4n) is 3.22. The number of halogens is 1. The second-order valence-corrected chi connectivity index (χ2v) is 9.23. The number of anilines is 1. The van der Waals surface area contributed by atoms with Crippen LogP contribution in [0.1, 0.15) is 11.8 Å². The van der Waals surface area contributed by atoms with Gasteiger partial charge in [-0.05, 0) is 60.8 Å². The van der Waals surface area contributed by atoms with Crippen LogP contribution >= 0.6 is 34.3 Å². The number of fused-ring (bicyclic) bond motifs is 1. The zero-order chi connectivity index (χ0) is 22.1. The number of hydrogen-bond acceptors (Lipinski definition) is 6. The lowest BCUT2D eigenvalue weighted by molar-refractivity contribution is -0.118. The van der Waals surface area contributed by atoms with Gasteiger partial charge in [0.1, 0.15) is 5.75 Å². The molecule has 0 bridgehead atoms. The van der Waals surface area contributed by atoms with Gasteiger partial charge in [-0.3, -0.25) is 4.79 Å². The van der Waals surface area contributed by atoms with Crippen molar-refractivity contribution in [3.05, 3.63) is 80.1 Å². The van der Waals surface area contributed by atoms with Crippen molar-refractivity contribution < 1.29 is 9.53 Å². The average molecular weight is 481 g/mol. The van der Waals surface area contributed by atoms with E-state index in [1.807, 2.05) is 77.0 Å². The number of nitrogens with one attached hydrogen (secondary N) is 1. The van der Waals surface area contributed by atoms with Crippen LogP contribution in [0.15, 0.2) is 75.5 Å². The van der Waals surface area contributed by atoms with E-state index in [9.17, 15) is 4.79 Å². The molecule has 2 aromatic carbocycles. The summed E-state index contributed by atoms with van der Waals surface area (Å²) < 4.78 is 7.33. The molecule has 0 radical (unpaired) electrons. The number of aromatic nitrogens is 1. The van der Waals surface area contributed by atoms with Gasteiger partial charge in [0.25, 0.3) is 5.91 Å². The molecule has 9 heteroatoms. The summed E-state index contributed by atoms with van der Waals surface area (Å²) >= 11 is 9.14. The van der Waals surface area contributed by atoms with E-state index in [0.717, 1.165) is 32.3 Å². The van der Waals surface area contributed by atoms with Crippen LogP contribution in [0.2, 0.25) is 5.02 Å². The van der Waals surface area contributed by atoms with E-state index in [1.165, 1.54) is 11.3 Å². The third kappa shape index (κ3) is 4.25. The number of rotatable bonds is 4. The van der Waals surface area contributed by atoms with Crippen LogP contribution in [0, 0.1) is 0 Å². The van der Waals surface area contributed by atoms with Crippen LogP contribution in [0.4, 0.5) is 11.4 Å². The first-order valence-corrected chi connectivity index (χ1v) is 11.9. The van der Waals surface area contributed by atoms with Gasteiger partial charge in [-0.15, -0.1) is 22.7 Å². The number of carbonyl (C=O) groups is 1. The smallest absolute Gasteiger partial charge is 0.262 e. The largest absolute Gasteiger partial charge is 0.482 e. The first-order valence-electron chi connectivity index (χ1n) is 9.74. The van der Waals surface area contributed by atoms with Gasteiger partial charge in [-0.2, -0.15) is 5.10 Å². The van der Waals surface area contributed by atoms with Crippen molar-refractivity contribution >= 4 is 57.3 Å². The predicted molar refractivity (Wildman–Crippen MR) is 130 cm³/mol. The predicted octanol–water partition coefficient (Wildman–Crippen LogP) is 5.77. The van der Waals surface area contributed by atoms with E-state index >= 15 is 0 Å². The number of nitrogens with zero attached hydrogens (tertiary/aromatic N) is 3. The maximum Gasteiger partial charge on any atom is 0.262 e. The molecule has 1 aliphatic rings.